The van der Waals surface area contributed by atoms with Crippen molar-refractivity contribution in [3.05, 3.63) is 35.6 Å². The second kappa shape index (κ2) is 8.15. The molecule has 1 amide bonds. The van der Waals surface area contributed by atoms with Gasteiger partial charge in [-0.3, -0.25) is 14.9 Å². The van der Waals surface area contributed by atoms with Gasteiger partial charge >= 0.3 is 0 Å². The van der Waals surface area contributed by atoms with Crippen LogP contribution >= 0.6 is 11.6 Å². The molecule has 178 valence electrons. The molecule has 1 aromatic carbocycles. The fourth-order valence-electron chi connectivity index (χ4n) is 3.66. The van der Waals surface area contributed by atoms with Crippen molar-refractivity contribution >= 4 is 45.6 Å². The van der Waals surface area contributed by atoms with Crippen molar-refractivity contribution in [3.8, 4) is 11.3 Å². The van der Waals surface area contributed by atoms with Crippen LogP contribution in [0.3, 0.4) is 0 Å². The molecular weight excluding hydrogens is 472 g/mol. The Labute approximate surface area is 196 Å². The van der Waals surface area contributed by atoms with E-state index in [0.29, 0.717) is 16.7 Å². The first kappa shape index (κ1) is 22.4. The highest BCUT2D eigenvalue weighted by molar-refractivity contribution is 6.35. The van der Waals surface area contributed by atoms with Crippen LogP contribution in [0.4, 0.5) is 20.3 Å². The Bertz CT molecular complexity index is 1420. The van der Waals surface area contributed by atoms with Crippen LogP contribution in [0.5, 0.6) is 0 Å². The molecule has 5 N–H and O–H groups in total. The molecule has 1 saturated carbocycles. The van der Waals surface area contributed by atoms with Gasteiger partial charge in [0.2, 0.25) is 5.91 Å². The summed E-state index contributed by atoms with van der Waals surface area (Å²) in [7, 11) is 0. The Morgan fingerprint density at radius 1 is 1.35 bits per heavy atom. The minimum Gasteiger partial charge on any atom is -0.394 e. The number of aromatic amines is 1. The summed E-state index contributed by atoms with van der Waals surface area (Å²) in [5, 5.41) is 31.5. The van der Waals surface area contributed by atoms with Crippen molar-refractivity contribution in [1.29, 1.82) is 0 Å². The molecule has 1 aliphatic rings. The number of alkyl halides is 1. The number of imidazole rings is 1. The number of nitrogens with one attached hydrogen (secondary N) is 3. The number of hydrogen-bond donors (Lipinski definition) is 5. The van der Waals surface area contributed by atoms with Gasteiger partial charge in [-0.1, -0.05) is 11.6 Å². The van der Waals surface area contributed by atoms with E-state index in [4.69, 9.17) is 11.6 Å². The number of H-pyrrole nitrogens is 1. The summed E-state index contributed by atoms with van der Waals surface area (Å²) in [4.78, 5) is 20.6. The topological polar surface area (TPSA) is 140 Å². The second-order valence-corrected chi connectivity index (χ2v) is 8.93. The lowest BCUT2D eigenvalue weighted by Gasteiger charge is -2.28. The van der Waals surface area contributed by atoms with Gasteiger partial charge in [-0.05, 0) is 13.3 Å². The standard InChI is InChI=1S/C21H20ClF2N7O3/c1-21(7-32,8-33)29-19-17(24)16(22)15(10-3-26-30-18(10)19)12-5-31-6-13(27-14(31)4-25-12)28-20(34)9-2-11(9)23/h3-6,9,11,29,32-33H,2,7-8H2,1H3,(H,26,30)(H,28,34). The van der Waals surface area contributed by atoms with Gasteiger partial charge in [0.15, 0.2) is 17.3 Å². The van der Waals surface area contributed by atoms with Crippen LogP contribution in [0, 0.1) is 11.7 Å². The number of halogens is 3. The molecule has 34 heavy (non-hydrogen) atoms. The third kappa shape index (κ3) is 3.73. The number of carbonyl (C=O) groups is 1. The van der Waals surface area contributed by atoms with Gasteiger partial charge < -0.3 is 25.2 Å². The number of anilines is 2. The highest BCUT2D eigenvalue weighted by Crippen LogP contribution is 2.41. The molecule has 0 saturated heterocycles. The first-order chi connectivity index (χ1) is 16.2. The van der Waals surface area contributed by atoms with Crippen molar-refractivity contribution in [2.45, 2.75) is 25.1 Å². The molecule has 3 heterocycles. The van der Waals surface area contributed by atoms with Crippen LogP contribution in [-0.4, -0.2) is 65.6 Å². The SMILES string of the molecule is CC(CO)(CO)Nc1c(F)c(Cl)c(-c2cn3cc(NC(=O)C4CC4F)nc3cn2)c2cn[nH]c12. The molecule has 2 unspecified atom stereocenters. The van der Waals surface area contributed by atoms with Crippen molar-refractivity contribution in [2.24, 2.45) is 5.92 Å². The van der Waals surface area contributed by atoms with E-state index < -0.39 is 42.6 Å². The van der Waals surface area contributed by atoms with Gasteiger partial charge in [-0.2, -0.15) is 5.10 Å². The molecule has 0 spiro atoms. The maximum atomic E-state index is 15.4. The summed E-state index contributed by atoms with van der Waals surface area (Å²) in [6.07, 6.45) is 5.08. The van der Waals surface area contributed by atoms with Crippen LogP contribution in [-0.2, 0) is 4.79 Å². The normalized spacial score (nSPS) is 17.9. The first-order valence-corrected chi connectivity index (χ1v) is 10.8. The molecule has 1 fully saturated rings. The maximum Gasteiger partial charge on any atom is 0.231 e. The fourth-order valence-corrected chi connectivity index (χ4v) is 3.95. The van der Waals surface area contributed by atoms with E-state index in [-0.39, 0.29) is 34.0 Å². The second-order valence-electron chi connectivity index (χ2n) is 8.55. The minimum atomic E-state index is -1.21. The predicted octanol–water partition coefficient (Wildman–Crippen LogP) is 2.52. The van der Waals surface area contributed by atoms with Gasteiger partial charge in [-0.15, -0.1) is 0 Å². The number of benzene rings is 1. The van der Waals surface area contributed by atoms with Gasteiger partial charge in [0, 0.05) is 17.1 Å². The van der Waals surface area contributed by atoms with E-state index in [0.717, 1.165) is 0 Å². The number of amides is 1. The Hall–Kier alpha value is -3.35. The average molecular weight is 492 g/mol. The van der Waals surface area contributed by atoms with Crippen LogP contribution in [0.15, 0.2) is 24.8 Å². The highest BCUT2D eigenvalue weighted by Gasteiger charge is 2.43. The van der Waals surface area contributed by atoms with E-state index in [1.165, 1.54) is 25.5 Å². The third-order valence-corrected chi connectivity index (χ3v) is 6.17. The molecule has 1 aliphatic carbocycles. The van der Waals surface area contributed by atoms with Crippen LogP contribution < -0.4 is 10.6 Å². The van der Waals surface area contributed by atoms with Crippen LogP contribution in [0.25, 0.3) is 27.8 Å². The van der Waals surface area contributed by atoms with Crippen LogP contribution in [0.2, 0.25) is 5.02 Å². The lowest BCUT2D eigenvalue weighted by molar-refractivity contribution is -0.117. The Morgan fingerprint density at radius 3 is 2.76 bits per heavy atom. The predicted molar refractivity (Wildman–Crippen MR) is 121 cm³/mol. The number of rotatable bonds is 7. The Balaban J connectivity index is 1.56. The van der Waals surface area contributed by atoms with Crippen molar-refractivity contribution in [3.63, 3.8) is 0 Å². The number of fused-ring (bicyclic) bond motifs is 2. The molecular formula is C21H20ClF2N7O3. The van der Waals surface area contributed by atoms with Crippen molar-refractivity contribution < 1.29 is 23.8 Å². The van der Waals surface area contributed by atoms with E-state index in [1.807, 2.05) is 0 Å². The van der Waals surface area contributed by atoms with E-state index in [9.17, 15) is 19.4 Å². The van der Waals surface area contributed by atoms with Gasteiger partial charge in [0.05, 0.1) is 65.2 Å². The zero-order valence-electron chi connectivity index (χ0n) is 17.8. The molecule has 0 aliphatic heterocycles. The quantitative estimate of drug-likeness (QED) is 0.267. The first-order valence-electron chi connectivity index (χ1n) is 10.4. The number of aromatic nitrogens is 5. The number of carbonyl (C=O) groups excluding carboxylic acids is 1. The third-order valence-electron chi connectivity index (χ3n) is 5.81. The van der Waals surface area contributed by atoms with Crippen LogP contribution in [0.1, 0.15) is 13.3 Å². The molecule has 13 heteroatoms. The van der Waals surface area contributed by atoms with Crippen molar-refractivity contribution in [1.82, 2.24) is 24.6 Å². The van der Waals surface area contributed by atoms with Gasteiger partial charge in [0.25, 0.3) is 0 Å². The molecule has 5 rings (SSSR count). The summed E-state index contributed by atoms with van der Waals surface area (Å²) in [5.41, 5.74) is 0.000659. The summed E-state index contributed by atoms with van der Waals surface area (Å²) in [6, 6.07) is 0. The molecule has 0 bridgehead atoms. The van der Waals surface area contributed by atoms with Gasteiger partial charge in [0.1, 0.15) is 6.17 Å². The largest absolute Gasteiger partial charge is 0.394 e. The molecule has 3 aromatic heterocycles. The lowest BCUT2D eigenvalue weighted by Crippen LogP contribution is -2.42. The minimum absolute atomic E-state index is 0.0493. The molecule has 2 atom stereocenters. The van der Waals surface area contributed by atoms with E-state index in [2.05, 4.69) is 30.8 Å². The maximum absolute atomic E-state index is 15.4. The Kier molecular flexibility index (Phi) is 5.38. The highest BCUT2D eigenvalue weighted by atomic mass is 35.5. The Morgan fingerprint density at radius 2 is 2.09 bits per heavy atom. The monoisotopic (exact) mass is 491 g/mol. The summed E-state index contributed by atoms with van der Waals surface area (Å²) < 4.78 is 30.1. The number of aliphatic hydroxyl groups excluding tert-OH is 2. The fraction of sp³-hybridized carbons (Fsp3) is 0.333. The summed E-state index contributed by atoms with van der Waals surface area (Å²) in [6.45, 7) is 0.614. The number of hydrogen-bond acceptors (Lipinski definition) is 7. The summed E-state index contributed by atoms with van der Waals surface area (Å²) >= 11 is 6.43. The number of aliphatic hydroxyl groups is 2. The zero-order valence-corrected chi connectivity index (χ0v) is 18.6. The van der Waals surface area contributed by atoms with E-state index in [1.54, 1.807) is 10.6 Å². The molecule has 4 aromatic rings. The summed E-state index contributed by atoms with van der Waals surface area (Å²) in [5.74, 6) is -1.66. The van der Waals surface area contributed by atoms with E-state index >= 15 is 4.39 Å². The zero-order chi connectivity index (χ0) is 24.2. The van der Waals surface area contributed by atoms with Crippen molar-refractivity contribution in [2.75, 3.05) is 23.8 Å². The number of nitrogens with zero attached hydrogens (tertiary/aromatic N) is 4. The molecule has 10 nitrogen and oxygen atoms in total. The molecule has 0 radical (unpaired) electrons. The average Bonchev–Trinajstić information content (AvgIpc) is 3.19. The lowest BCUT2D eigenvalue weighted by atomic mass is 10.0. The smallest absolute Gasteiger partial charge is 0.231 e. The van der Waals surface area contributed by atoms with Gasteiger partial charge in [-0.25, -0.2) is 13.8 Å².